The van der Waals surface area contributed by atoms with E-state index in [1.54, 1.807) is 0 Å². The van der Waals surface area contributed by atoms with Crippen molar-refractivity contribution < 1.29 is 28.0 Å². The summed E-state index contributed by atoms with van der Waals surface area (Å²) in [7, 11) is 0. The van der Waals surface area contributed by atoms with E-state index in [2.05, 4.69) is 12.2 Å². The minimum Gasteiger partial charge on any atom is -0.452 e. The van der Waals surface area contributed by atoms with E-state index in [9.17, 15) is 28.5 Å². The highest BCUT2D eigenvalue weighted by Gasteiger charge is 2.25. The fourth-order valence-electron chi connectivity index (χ4n) is 3.60. The second-order valence-electron chi connectivity index (χ2n) is 7.68. The highest BCUT2D eigenvalue weighted by molar-refractivity contribution is 7.99. The first-order chi connectivity index (χ1) is 15.7. The lowest BCUT2D eigenvalue weighted by molar-refractivity contribution is -0.384. The Labute approximate surface area is 193 Å². The third-order valence-electron chi connectivity index (χ3n) is 5.10. The van der Waals surface area contributed by atoms with E-state index >= 15 is 0 Å². The first-order valence-electron chi connectivity index (χ1n) is 10.3. The van der Waals surface area contributed by atoms with Crippen molar-refractivity contribution in [2.75, 3.05) is 29.9 Å². The maximum atomic E-state index is 12.4. The third-order valence-corrected chi connectivity index (χ3v) is 5.83. The molecule has 1 N–H and O–H groups in total. The Hall–Kier alpha value is -3.21. The van der Waals surface area contributed by atoms with Gasteiger partial charge in [-0.1, -0.05) is 18.7 Å². The van der Waals surface area contributed by atoms with Gasteiger partial charge in [0.25, 0.3) is 17.4 Å². The molecular weight excluding hydrogens is 456 g/mol. The minimum absolute atomic E-state index is 0.0308. The molecule has 1 aliphatic heterocycles. The highest BCUT2D eigenvalue weighted by atomic mass is 32.2. The molecule has 1 aliphatic rings. The van der Waals surface area contributed by atoms with E-state index in [4.69, 9.17) is 4.74 Å². The van der Waals surface area contributed by atoms with E-state index in [1.807, 2.05) is 4.90 Å². The second kappa shape index (κ2) is 11.1. The molecule has 0 spiro atoms. The average molecular weight is 480 g/mol. The molecule has 0 aromatic heterocycles. The lowest BCUT2D eigenvalue weighted by atomic mass is 9.99. The van der Waals surface area contributed by atoms with Gasteiger partial charge in [0.1, 0.15) is 5.69 Å². The zero-order chi connectivity index (χ0) is 24.0. The van der Waals surface area contributed by atoms with Crippen LogP contribution in [0.15, 0.2) is 47.4 Å². The molecular formula is C22H23F2N3O5S. The van der Waals surface area contributed by atoms with Gasteiger partial charge in [0.05, 0.1) is 10.5 Å². The van der Waals surface area contributed by atoms with E-state index in [-0.39, 0.29) is 11.3 Å². The highest BCUT2D eigenvalue weighted by Crippen LogP contribution is 2.32. The van der Waals surface area contributed by atoms with Gasteiger partial charge in [-0.15, -0.1) is 0 Å². The summed E-state index contributed by atoms with van der Waals surface area (Å²) in [6.07, 6.45) is 2.00. The number of ether oxygens (including phenoxy) is 1. The van der Waals surface area contributed by atoms with Gasteiger partial charge in [-0.3, -0.25) is 14.9 Å². The van der Waals surface area contributed by atoms with Gasteiger partial charge in [0, 0.05) is 29.7 Å². The molecule has 1 fully saturated rings. The summed E-state index contributed by atoms with van der Waals surface area (Å²) in [5.41, 5.74) is 0.584. The van der Waals surface area contributed by atoms with Crippen LogP contribution in [0, 0.1) is 16.0 Å². The first kappa shape index (κ1) is 24.4. The molecule has 0 bridgehead atoms. The molecule has 2 aromatic carbocycles. The fourth-order valence-corrected chi connectivity index (χ4v) is 4.10. The number of alkyl halides is 2. The molecule has 0 saturated carbocycles. The standard InChI is InChI=1S/C22H23F2N3O5S/c1-14-3-2-10-26(12-14)18-9-4-15(11-19(18)27(30)31)21(29)32-13-20(28)25-16-5-7-17(8-6-16)33-22(23)24/h4-9,11,14,22H,2-3,10,12-13H2,1H3,(H,25,28). The monoisotopic (exact) mass is 479 g/mol. The van der Waals surface area contributed by atoms with Crippen LogP contribution in [0.4, 0.5) is 25.8 Å². The molecule has 1 amide bonds. The average Bonchev–Trinajstić information content (AvgIpc) is 2.78. The van der Waals surface area contributed by atoms with Crippen molar-refractivity contribution in [1.82, 2.24) is 0 Å². The van der Waals surface area contributed by atoms with Crippen molar-refractivity contribution in [2.45, 2.75) is 30.4 Å². The maximum absolute atomic E-state index is 12.4. The number of nitro groups is 1. The summed E-state index contributed by atoms with van der Waals surface area (Å²) in [5.74, 6) is -3.62. The van der Waals surface area contributed by atoms with Crippen LogP contribution in [0.2, 0.25) is 0 Å². The molecule has 2 aromatic rings. The van der Waals surface area contributed by atoms with Crippen LogP contribution < -0.4 is 10.2 Å². The number of nitrogens with zero attached hydrogens (tertiary/aromatic N) is 2. The zero-order valence-electron chi connectivity index (χ0n) is 17.8. The molecule has 1 heterocycles. The third kappa shape index (κ3) is 6.88. The summed E-state index contributed by atoms with van der Waals surface area (Å²) in [6, 6.07) is 9.91. The van der Waals surface area contributed by atoms with Gasteiger partial charge >= 0.3 is 5.97 Å². The van der Waals surface area contributed by atoms with Crippen LogP contribution in [-0.2, 0) is 9.53 Å². The SMILES string of the molecule is CC1CCCN(c2ccc(C(=O)OCC(=O)Nc3ccc(SC(F)F)cc3)cc2[N+](=O)[O-])C1. The van der Waals surface area contributed by atoms with Crippen LogP contribution in [0.3, 0.4) is 0 Å². The quantitative estimate of drug-likeness (QED) is 0.248. The molecule has 33 heavy (non-hydrogen) atoms. The number of hydrogen-bond donors (Lipinski definition) is 1. The van der Waals surface area contributed by atoms with Gasteiger partial charge in [0.15, 0.2) is 6.61 Å². The number of thioether (sulfide) groups is 1. The van der Waals surface area contributed by atoms with Gasteiger partial charge in [-0.2, -0.15) is 8.78 Å². The molecule has 1 unspecified atom stereocenters. The predicted octanol–water partition coefficient (Wildman–Crippen LogP) is 4.94. The molecule has 8 nitrogen and oxygen atoms in total. The van der Waals surface area contributed by atoms with E-state index in [1.165, 1.54) is 36.4 Å². The molecule has 0 aliphatic carbocycles. The molecule has 1 saturated heterocycles. The largest absolute Gasteiger partial charge is 0.452 e. The normalized spacial score (nSPS) is 15.9. The Balaban J connectivity index is 1.59. The Kier molecular flexibility index (Phi) is 8.21. The van der Waals surface area contributed by atoms with E-state index < -0.39 is 29.2 Å². The van der Waals surface area contributed by atoms with Crippen LogP contribution in [0.5, 0.6) is 0 Å². The molecule has 3 rings (SSSR count). The summed E-state index contributed by atoms with van der Waals surface area (Å²) < 4.78 is 29.7. The lowest BCUT2D eigenvalue weighted by Crippen LogP contribution is -2.34. The number of rotatable bonds is 8. The number of anilines is 2. The smallest absolute Gasteiger partial charge is 0.338 e. The predicted molar refractivity (Wildman–Crippen MR) is 121 cm³/mol. The van der Waals surface area contributed by atoms with Gasteiger partial charge < -0.3 is 15.0 Å². The summed E-state index contributed by atoms with van der Waals surface area (Å²) >= 11 is 0.385. The van der Waals surface area contributed by atoms with Crippen molar-refractivity contribution in [2.24, 2.45) is 5.92 Å². The van der Waals surface area contributed by atoms with Gasteiger partial charge in [0.2, 0.25) is 0 Å². The van der Waals surface area contributed by atoms with Crippen molar-refractivity contribution >= 4 is 40.7 Å². The Morgan fingerprint density at radius 2 is 2.00 bits per heavy atom. The second-order valence-corrected chi connectivity index (χ2v) is 8.74. The fraction of sp³-hybridized carbons (Fsp3) is 0.364. The maximum Gasteiger partial charge on any atom is 0.338 e. The number of carbonyl (C=O) groups is 2. The van der Waals surface area contributed by atoms with Gasteiger partial charge in [-0.05, 0) is 55.2 Å². The van der Waals surface area contributed by atoms with Crippen molar-refractivity contribution in [3.63, 3.8) is 0 Å². The van der Waals surface area contributed by atoms with Crippen LogP contribution in [0.25, 0.3) is 0 Å². The molecule has 11 heteroatoms. The minimum atomic E-state index is -2.54. The number of amides is 1. The van der Waals surface area contributed by atoms with Crippen molar-refractivity contribution in [1.29, 1.82) is 0 Å². The van der Waals surface area contributed by atoms with Crippen LogP contribution in [0.1, 0.15) is 30.1 Å². The topological polar surface area (TPSA) is 102 Å². The van der Waals surface area contributed by atoms with E-state index in [0.29, 0.717) is 47.0 Å². The molecule has 176 valence electrons. The Bertz CT molecular complexity index is 1020. The van der Waals surface area contributed by atoms with Gasteiger partial charge in [-0.25, -0.2) is 4.79 Å². The van der Waals surface area contributed by atoms with Crippen molar-refractivity contribution in [3.8, 4) is 0 Å². The Morgan fingerprint density at radius 3 is 2.64 bits per heavy atom. The summed E-state index contributed by atoms with van der Waals surface area (Å²) in [6.45, 7) is 2.89. The van der Waals surface area contributed by atoms with Crippen LogP contribution in [-0.4, -0.2) is 42.3 Å². The number of carbonyl (C=O) groups excluding carboxylic acids is 2. The number of piperidine rings is 1. The zero-order valence-corrected chi connectivity index (χ0v) is 18.6. The van der Waals surface area contributed by atoms with Crippen LogP contribution >= 0.6 is 11.8 Å². The summed E-state index contributed by atoms with van der Waals surface area (Å²) in [4.78, 5) is 37.7. The number of esters is 1. The number of benzene rings is 2. The van der Waals surface area contributed by atoms with Crippen molar-refractivity contribution in [3.05, 3.63) is 58.1 Å². The molecule has 0 radical (unpaired) electrons. The number of nitrogens with one attached hydrogen (secondary N) is 1. The number of nitro benzene ring substituents is 1. The van der Waals surface area contributed by atoms with E-state index in [0.717, 1.165) is 18.9 Å². The molecule has 1 atom stereocenters. The lowest BCUT2D eigenvalue weighted by Gasteiger charge is -2.32. The number of halogens is 2. The Morgan fingerprint density at radius 1 is 1.27 bits per heavy atom. The summed E-state index contributed by atoms with van der Waals surface area (Å²) in [5, 5.41) is 14.1. The first-order valence-corrected chi connectivity index (χ1v) is 11.2. The number of hydrogen-bond acceptors (Lipinski definition) is 7.